The maximum absolute atomic E-state index is 2.77. The number of hydrogen-bond acceptors (Lipinski definition) is 2. The topological polar surface area (TPSA) is 6.48 Å². The predicted molar refractivity (Wildman–Crippen MR) is 90.4 cm³/mol. The SMILES string of the molecule is CC(C)(C)C1CCN(C[C@@H]2[C@H]3CN(C(C)(C)C)C[C@@H]23)CC1. The molecule has 21 heavy (non-hydrogen) atoms. The van der Waals surface area contributed by atoms with Crippen LogP contribution < -0.4 is 0 Å². The van der Waals surface area contributed by atoms with Gasteiger partial charge in [0.1, 0.15) is 0 Å². The Morgan fingerprint density at radius 2 is 1.38 bits per heavy atom. The van der Waals surface area contributed by atoms with Crippen LogP contribution in [0.1, 0.15) is 54.4 Å². The molecule has 0 spiro atoms. The Morgan fingerprint density at radius 3 is 1.81 bits per heavy atom. The molecule has 1 saturated carbocycles. The van der Waals surface area contributed by atoms with E-state index < -0.39 is 0 Å². The summed E-state index contributed by atoms with van der Waals surface area (Å²) in [4.78, 5) is 5.47. The van der Waals surface area contributed by atoms with Gasteiger partial charge in [-0.1, -0.05) is 20.8 Å². The van der Waals surface area contributed by atoms with Crippen LogP contribution in [0, 0.1) is 29.1 Å². The van der Waals surface area contributed by atoms with Crippen molar-refractivity contribution in [2.24, 2.45) is 29.1 Å². The fourth-order valence-electron chi connectivity index (χ4n) is 4.75. The van der Waals surface area contributed by atoms with Crippen LogP contribution in [-0.4, -0.2) is 48.1 Å². The molecule has 0 bridgehead atoms. The lowest BCUT2D eigenvalue weighted by Crippen LogP contribution is -2.43. The summed E-state index contributed by atoms with van der Waals surface area (Å²) in [5, 5.41) is 0. The molecule has 0 aromatic rings. The van der Waals surface area contributed by atoms with E-state index in [1.165, 1.54) is 45.6 Å². The van der Waals surface area contributed by atoms with Gasteiger partial charge >= 0.3 is 0 Å². The number of nitrogens with zero attached hydrogens (tertiary/aromatic N) is 2. The zero-order valence-electron chi connectivity index (χ0n) is 15.2. The second-order valence-electron chi connectivity index (χ2n) is 10.0. The zero-order valence-corrected chi connectivity index (χ0v) is 15.2. The highest BCUT2D eigenvalue weighted by atomic mass is 15.2. The van der Waals surface area contributed by atoms with Crippen LogP contribution in [0.4, 0.5) is 0 Å². The van der Waals surface area contributed by atoms with Crippen molar-refractivity contribution >= 4 is 0 Å². The molecule has 3 fully saturated rings. The fraction of sp³-hybridized carbons (Fsp3) is 1.00. The normalized spacial score (nSPS) is 36.0. The Kier molecular flexibility index (Phi) is 3.94. The largest absolute Gasteiger partial charge is 0.303 e. The van der Waals surface area contributed by atoms with Gasteiger partial charge in [-0.2, -0.15) is 0 Å². The number of piperidine rings is 2. The third-order valence-electron chi connectivity index (χ3n) is 6.60. The molecule has 3 aliphatic rings. The maximum atomic E-state index is 2.77. The van der Waals surface area contributed by atoms with Gasteiger partial charge in [0, 0.05) is 25.2 Å². The van der Waals surface area contributed by atoms with E-state index >= 15 is 0 Å². The highest BCUT2D eigenvalue weighted by molar-refractivity contribution is 5.08. The van der Waals surface area contributed by atoms with Crippen LogP contribution in [0.5, 0.6) is 0 Å². The minimum atomic E-state index is 0.378. The molecule has 2 aliphatic heterocycles. The van der Waals surface area contributed by atoms with Crippen molar-refractivity contribution < 1.29 is 0 Å². The number of fused-ring (bicyclic) bond motifs is 1. The van der Waals surface area contributed by atoms with Crippen LogP contribution in [-0.2, 0) is 0 Å². The summed E-state index contributed by atoms with van der Waals surface area (Å²) in [6, 6.07) is 0. The van der Waals surface area contributed by atoms with Crippen molar-refractivity contribution in [3.63, 3.8) is 0 Å². The third kappa shape index (κ3) is 3.32. The first kappa shape index (κ1) is 15.8. The lowest BCUT2D eigenvalue weighted by Gasteiger charge is -2.39. The molecule has 2 heteroatoms. The maximum Gasteiger partial charge on any atom is 0.0125 e. The van der Waals surface area contributed by atoms with E-state index in [1.54, 1.807) is 0 Å². The summed E-state index contributed by atoms with van der Waals surface area (Å²) >= 11 is 0. The zero-order chi connectivity index (χ0) is 15.4. The standard InChI is InChI=1S/C19H36N2/c1-18(2,3)14-7-9-20(10-8-14)11-15-16-12-21(13-17(15)16)19(4,5)6/h14-17H,7-13H2,1-6H3/t15-,16-,17+. The molecule has 3 atom stereocenters. The average molecular weight is 293 g/mol. The summed E-state index contributed by atoms with van der Waals surface area (Å²) < 4.78 is 0. The smallest absolute Gasteiger partial charge is 0.0125 e. The van der Waals surface area contributed by atoms with Crippen LogP contribution in [0.15, 0.2) is 0 Å². The van der Waals surface area contributed by atoms with Crippen molar-refractivity contribution in [3.8, 4) is 0 Å². The molecule has 0 aromatic carbocycles. The third-order valence-corrected chi connectivity index (χ3v) is 6.60. The highest BCUT2D eigenvalue weighted by Crippen LogP contribution is 2.53. The number of rotatable bonds is 2. The lowest BCUT2D eigenvalue weighted by atomic mass is 9.75. The highest BCUT2D eigenvalue weighted by Gasteiger charge is 2.57. The second-order valence-corrected chi connectivity index (χ2v) is 10.0. The molecule has 0 radical (unpaired) electrons. The first-order valence-corrected chi connectivity index (χ1v) is 9.13. The molecule has 2 nitrogen and oxygen atoms in total. The Labute approximate surface area is 132 Å². The first-order valence-electron chi connectivity index (χ1n) is 9.13. The summed E-state index contributed by atoms with van der Waals surface area (Å²) in [5.41, 5.74) is 0.887. The molecule has 0 amide bonds. The van der Waals surface area contributed by atoms with Crippen molar-refractivity contribution in [1.82, 2.24) is 9.80 Å². The van der Waals surface area contributed by atoms with Crippen molar-refractivity contribution in [3.05, 3.63) is 0 Å². The van der Waals surface area contributed by atoms with E-state index in [1.807, 2.05) is 0 Å². The van der Waals surface area contributed by atoms with Gasteiger partial charge in [-0.05, 0) is 75.8 Å². The molecule has 0 aromatic heterocycles. The van der Waals surface area contributed by atoms with Gasteiger partial charge in [-0.15, -0.1) is 0 Å². The lowest BCUT2D eigenvalue weighted by molar-refractivity contribution is 0.0981. The van der Waals surface area contributed by atoms with Gasteiger partial charge in [0.25, 0.3) is 0 Å². The summed E-state index contributed by atoms with van der Waals surface area (Å²) in [6.45, 7) is 21.2. The van der Waals surface area contributed by atoms with E-state index in [9.17, 15) is 0 Å². The van der Waals surface area contributed by atoms with Crippen molar-refractivity contribution in [2.45, 2.75) is 59.9 Å². The molecule has 1 aliphatic carbocycles. The van der Waals surface area contributed by atoms with Crippen molar-refractivity contribution in [2.75, 3.05) is 32.7 Å². The number of likely N-dealkylation sites (tertiary alicyclic amines) is 2. The predicted octanol–water partition coefficient (Wildman–Crippen LogP) is 3.72. The van der Waals surface area contributed by atoms with E-state index in [-0.39, 0.29) is 0 Å². The molecule has 2 saturated heterocycles. The Hall–Kier alpha value is -0.0800. The molecular weight excluding hydrogens is 256 g/mol. The first-order chi connectivity index (χ1) is 9.66. The Balaban J connectivity index is 1.42. The molecule has 2 heterocycles. The van der Waals surface area contributed by atoms with Gasteiger partial charge in [0.05, 0.1) is 0 Å². The van der Waals surface area contributed by atoms with E-state index in [0.717, 1.165) is 23.7 Å². The van der Waals surface area contributed by atoms with Crippen LogP contribution >= 0.6 is 0 Å². The van der Waals surface area contributed by atoms with E-state index in [0.29, 0.717) is 11.0 Å². The van der Waals surface area contributed by atoms with Crippen LogP contribution in [0.2, 0.25) is 0 Å². The quantitative estimate of drug-likeness (QED) is 0.765. The van der Waals surface area contributed by atoms with Crippen molar-refractivity contribution in [1.29, 1.82) is 0 Å². The minimum absolute atomic E-state index is 0.378. The monoisotopic (exact) mass is 292 g/mol. The van der Waals surface area contributed by atoms with Gasteiger partial charge in [-0.3, -0.25) is 4.90 Å². The molecule has 122 valence electrons. The van der Waals surface area contributed by atoms with Crippen LogP contribution in [0.25, 0.3) is 0 Å². The number of hydrogen-bond donors (Lipinski definition) is 0. The van der Waals surface area contributed by atoms with Crippen LogP contribution in [0.3, 0.4) is 0 Å². The molecule has 3 rings (SSSR count). The van der Waals surface area contributed by atoms with Gasteiger partial charge < -0.3 is 4.90 Å². The summed E-state index contributed by atoms with van der Waals surface area (Å²) in [6.07, 6.45) is 2.83. The van der Waals surface area contributed by atoms with E-state index in [4.69, 9.17) is 0 Å². The van der Waals surface area contributed by atoms with E-state index in [2.05, 4.69) is 51.3 Å². The molecule has 0 N–H and O–H groups in total. The van der Waals surface area contributed by atoms with Gasteiger partial charge in [0.2, 0.25) is 0 Å². The average Bonchev–Trinajstić information content (AvgIpc) is 2.82. The Morgan fingerprint density at radius 1 is 0.857 bits per heavy atom. The summed E-state index contributed by atoms with van der Waals surface area (Å²) in [5.74, 6) is 3.99. The molecule has 0 unspecified atom stereocenters. The summed E-state index contributed by atoms with van der Waals surface area (Å²) in [7, 11) is 0. The second kappa shape index (κ2) is 5.23. The minimum Gasteiger partial charge on any atom is -0.303 e. The van der Waals surface area contributed by atoms with Gasteiger partial charge in [-0.25, -0.2) is 0 Å². The molecular formula is C19H36N2. The Bertz CT molecular complexity index is 344. The fourth-order valence-corrected chi connectivity index (χ4v) is 4.75. The van der Waals surface area contributed by atoms with Gasteiger partial charge in [0.15, 0.2) is 0 Å².